The zero-order chi connectivity index (χ0) is 11.3. The maximum absolute atomic E-state index is 11.0. The van der Waals surface area contributed by atoms with Crippen LogP contribution in [0, 0.1) is 6.92 Å². The van der Waals surface area contributed by atoms with Crippen molar-refractivity contribution in [2.24, 2.45) is 0 Å². The highest BCUT2D eigenvalue weighted by molar-refractivity contribution is 7.86. The largest absolute Gasteiger partial charge is 0.390 e. The Morgan fingerprint density at radius 3 is 2.40 bits per heavy atom. The zero-order valence-corrected chi connectivity index (χ0v) is 9.62. The Morgan fingerprint density at radius 1 is 1.27 bits per heavy atom. The Morgan fingerprint density at radius 2 is 1.87 bits per heavy atom. The molecule has 1 aromatic carbocycles. The Bertz CT molecular complexity index is 429. The molecule has 3 nitrogen and oxygen atoms in total. The van der Waals surface area contributed by atoms with Gasteiger partial charge in [-0.3, -0.25) is 0 Å². The van der Waals surface area contributed by atoms with Crippen LogP contribution < -0.4 is 0 Å². The fourth-order valence-electron chi connectivity index (χ4n) is 0.937. The molecule has 0 spiro atoms. The molecule has 0 saturated carbocycles. The second-order valence-corrected chi connectivity index (χ2v) is 5.04. The summed E-state index contributed by atoms with van der Waals surface area (Å²) in [7, 11) is -3.38. The predicted octanol–water partition coefficient (Wildman–Crippen LogP) is 2.33. The summed E-state index contributed by atoms with van der Waals surface area (Å²) < 4.78 is 26.5. The smallest absolute Gasteiger partial charge is 0.308 e. The average molecular weight is 226 g/mol. The minimum Gasteiger partial charge on any atom is -0.390 e. The molecule has 0 amide bonds. The molecule has 0 unspecified atom stereocenters. The van der Waals surface area contributed by atoms with Crippen molar-refractivity contribution in [3.63, 3.8) is 0 Å². The summed E-state index contributed by atoms with van der Waals surface area (Å²) in [6.45, 7) is 3.53. The summed E-state index contributed by atoms with van der Waals surface area (Å²) in [5.74, 6) is -0.0226. The fraction of sp³-hybridized carbons (Fsp3) is 0.273. The molecule has 0 N–H and O–H groups in total. The number of rotatable bonds is 4. The van der Waals surface area contributed by atoms with E-state index in [0.717, 1.165) is 11.1 Å². The molecule has 15 heavy (non-hydrogen) atoms. The van der Waals surface area contributed by atoms with Crippen molar-refractivity contribution < 1.29 is 12.6 Å². The van der Waals surface area contributed by atoms with Gasteiger partial charge in [-0.1, -0.05) is 29.8 Å². The first-order valence-electron chi connectivity index (χ1n) is 4.67. The number of hydrogen-bond acceptors (Lipinski definition) is 3. The van der Waals surface area contributed by atoms with Gasteiger partial charge in [0.15, 0.2) is 0 Å². The molecule has 0 aliphatic heterocycles. The van der Waals surface area contributed by atoms with Gasteiger partial charge in [0.2, 0.25) is 0 Å². The van der Waals surface area contributed by atoms with Crippen molar-refractivity contribution in [3.05, 3.63) is 41.7 Å². The summed E-state index contributed by atoms with van der Waals surface area (Å²) in [6.07, 6.45) is 2.82. The van der Waals surface area contributed by atoms with E-state index in [0.29, 0.717) is 0 Å². The van der Waals surface area contributed by atoms with Crippen molar-refractivity contribution in [1.29, 1.82) is 0 Å². The van der Waals surface area contributed by atoms with E-state index < -0.39 is 10.1 Å². The third-order valence-electron chi connectivity index (χ3n) is 1.89. The van der Waals surface area contributed by atoms with Gasteiger partial charge >= 0.3 is 10.1 Å². The second-order valence-electron chi connectivity index (χ2n) is 3.16. The molecule has 1 aromatic rings. The molecule has 0 fully saturated rings. The van der Waals surface area contributed by atoms with Crippen LogP contribution in [-0.4, -0.2) is 14.2 Å². The van der Waals surface area contributed by atoms with Crippen LogP contribution in [0.2, 0.25) is 0 Å². The third kappa shape index (κ3) is 4.16. The second kappa shape index (κ2) is 4.98. The van der Waals surface area contributed by atoms with Gasteiger partial charge < -0.3 is 4.18 Å². The maximum Gasteiger partial charge on any atom is 0.308 e. The third-order valence-corrected chi connectivity index (χ3v) is 3.00. The standard InChI is InChI=1S/C11H14O3S/c1-3-15(12,13)14-9-8-11-6-4-10(2)5-7-11/h4-9H,3H2,1-2H3. The average Bonchev–Trinajstić information content (AvgIpc) is 2.21. The van der Waals surface area contributed by atoms with E-state index in [-0.39, 0.29) is 5.75 Å². The Labute approximate surface area is 90.5 Å². The van der Waals surface area contributed by atoms with Gasteiger partial charge in [0.05, 0.1) is 5.75 Å². The minimum absolute atomic E-state index is 0.0226. The molecular weight excluding hydrogens is 212 g/mol. The Balaban J connectivity index is 2.63. The fourth-order valence-corrected chi connectivity index (χ4v) is 1.30. The van der Waals surface area contributed by atoms with E-state index in [2.05, 4.69) is 4.18 Å². The quantitative estimate of drug-likeness (QED) is 0.584. The number of hydrogen-bond donors (Lipinski definition) is 0. The van der Waals surface area contributed by atoms with Crippen molar-refractivity contribution in [1.82, 2.24) is 0 Å². The summed E-state index contributed by atoms with van der Waals surface area (Å²) in [5.41, 5.74) is 2.07. The van der Waals surface area contributed by atoms with Crippen LogP contribution in [0.25, 0.3) is 6.08 Å². The molecule has 0 aliphatic carbocycles. The summed E-state index contributed by atoms with van der Waals surface area (Å²) in [5, 5.41) is 0. The van der Waals surface area contributed by atoms with Gasteiger partial charge in [-0.2, -0.15) is 8.42 Å². The maximum atomic E-state index is 11.0. The first-order chi connectivity index (χ1) is 7.03. The molecule has 0 heterocycles. The van der Waals surface area contributed by atoms with Gasteiger partial charge in [-0.15, -0.1) is 0 Å². The van der Waals surface area contributed by atoms with E-state index in [1.54, 1.807) is 6.08 Å². The summed E-state index contributed by atoms with van der Waals surface area (Å²) in [6, 6.07) is 7.70. The van der Waals surface area contributed by atoms with Gasteiger partial charge in [-0.25, -0.2) is 0 Å². The monoisotopic (exact) mass is 226 g/mol. The highest BCUT2D eigenvalue weighted by Gasteiger charge is 2.03. The number of benzene rings is 1. The molecule has 0 saturated heterocycles. The molecule has 4 heteroatoms. The topological polar surface area (TPSA) is 43.4 Å². The van der Waals surface area contributed by atoms with Crippen LogP contribution in [0.4, 0.5) is 0 Å². The van der Waals surface area contributed by atoms with Gasteiger partial charge in [0, 0.05) is 0 Å². The van der Waals surface area contributed by atoms with Gasteiger partial charge in [-0.05, 0) is 25.5 Å². The summed E-state index contributed by atoms with van der Waals surface area (Å²) in [4.78, 5) is 0. The van der Waals surface area contributed by atoms with Crippen molar-refractivity contribution in [3.8, 4) is 0 Å². The molecule has 1 rings (SSSR count). The molecule has 0 bridgehead atoms. The first-order valence-corrected chi connectivity index (χ1v) is 6.25. The highest BCUT2D eigenvalue weighted by atomic mass is 32.2. The lowest BCUT2D eigenvalue weighted by Gasteiger charge is -1.98. The predicted molar refractivity (Wildman–Crippen MR) is 60.8 cm³/mol. The first kappa shape index (κ1) is 11.8. The summed E-state index contributed by atoms with van der Waals surface area (Å²) >= 11 is 0. The van der Waals surface area contributed by atoms with Crippen molar-refractivity contribution in [2.45, 2.75) is 13.8 Å². The zero-order valence-electron chi connectivity index (χ0n) is 8.80. The van der Waals surface area contributed by atoms with Crippen LogP contribution >= 0.6 is 0 Å². The minimum atomic E-state index is -3.38. The van der Waals surface area contributed by atoms with Gasteiger partial charge in [0.1, 0.15) is 6.26 Å². The Hall–Kier alpha value is -1.29. The lowest BCUT2D eigenvalue weighted by Crippen LogP contribution is -2.03. The molecule has 82 valence electrons. The van der Waals surface area contributed by atoms with Crippen molar-refractivity contribution >= 4 is 16.2 Å². The highest BCUT2D eigenvalue weighted by Crippen LogP contribution is 2.05. The SMILES string of the molecule is CCS(=O)(=O)OC=Cc1ccc(C)cc1. The lowest BCUT2D eigenvalue weighted by molar-refractivity contribution is 0.447. The van der Waals surface area contributed by atoms with E-state index in [1.807, 2.05) is 31.2 Å². The molecule has 0 atom stereocenters. The Kier molecular flexibility index (Phi) is 3.91. The van der Waals surface area contributed by atoms with Crippen LogP contribution in [0.15, 0.2) is 30.5 Å². The lowest BCUT2D eigenvalue weighted by atomic mass is 10.1. The molecule has 0 aromatic heterocycles. The molecular formula is C11H14O3S. The van der Waals surface area contributed by atoms with Crippen LogP contribution in [0.3, 0.4) is 0 Å². The number of aryl methyl sites for hydroxylation is 1. The van der Waals surface area contributed by atoms with E-state index in [1.165, 1.54) is 13.2 Å². The van der Waals surface area contributed by atoms with Crippen LogP contribution in [0.5, 0.6) is 0 Å². The van der Waals surface area contributed by atoms with Crippen molar-refractivity contribution in [2.75, 3.05) is 5.75 Å². The van der Waals surface area contributed by atoms with Crippen LogP contribution in [-0.2, 0) is 14.3 Å². The van der Waals surface area contributed by atoms with E-state index in [4.69, 9.17) is 0 Å². The molecule has 0 radical (unpaired) electrons. The normalized spacial score (nSPS) is 11.9. The van der Waals surface area contributed by atoms with E-state index >= 15 is 0 Å². The molecule has 0 aliphatic rings. The van der Waals surface area contributed by atoms with Crippen LogP contribution in [0.1, 0.15) is 18.1 Å². The van der Waals surface area contributed by atoms with E-state index in [9.17, 15) is 8.42 Å². The van der Waals surface area contributed by atoms with Gasteiger partial charge in [0.25, 0.3) is 0 Å².